The van der Waals surface area contributed by atoms with E-state index in [-0.39, 0.29) is 11.6 Å². The van der Waals surface area contributed by atoms with Gasteiger partial charge in [-0.3, -0.25) is 0 Å². The molecule has 0 spiro atoms. The number of nitrogens with one attached hydrogen (secondary N) is 2. The maximum absolute atomic E-state index is 13.0. The lowest BCUT2D eigenvalue weighted by Crippen LogP contribution is -2.23. The van der Waals surface area contributed by atoms with Crippen molar-refractivity contribution >= 4 is 23.2 Å². The van der Waals surface area contributed by atoms with Gasteiger partial charge in [0, 0.05) is 11.1 Å². The van der Waals surface area contributed by atoms with Crippen molar-refractivity contribution in [3.05, 3.63) is 64.0 Å². The minimum absolute atomic E-state index is 0.0655. The molecule has 0 unspecified atom stereocenters. The van der Waals surface area contributed by atoms with Gasteiger partial charge in [0.25, 0.3) is 0 Å². The Morgan fingerprint density at radius 1 is 1.16 bits per heavy atom. The van der Waals surface area contributed by atoms with Crippen molar-refractivity contribution in [1.29, 1.82) is 5.53 Å². The number of hydrogen-bond acceptors (Lipinski definition) is 6. The van der Waals surface area contributed by atoms with Gasteiger partial charge in [-0.1, -0.05) is 17.7 Å². The monoisotopic (exact) mass is 358 g/mol. The SMILES string of the molecule is COc1cccc(-n2c(N=N)c(NN)n(-c3ccc(Cl)cc3)c2=O)c1. The molecule has 0 aliphatic rings. The summed E-state index contributed by atoms with van der Waals surface area (Å²) in [5.41, 5.74) is 10.5. The van der Waals surface area contributed by atoms with Gasteiger partial charge >= 0.3 is 5.69 Å². The molecule has 0 aliphatic heterocycles. The molecule has 3 rings (SSSR count). The summed E-state index contributed by atoms with van der Waals surface area (Å²) in [6.07, 6.45) is 0. The van der Waals surface area contributed by atoms with E-state index in [1.807, 2.05) is 0 Å². The van der Waals surface area contributed by atoms with Gasteiger partial charge in [0.15, 0.2) is 5.82 Å². The Morgan fingerprint density at radius 3 is 2.48 bits per heavy atom. The van der Waals surface area contributed by atoms with Crippen LogP contribution in [0.15, 0.2) is 58.4 Å². The van der Waals surface area contributed by atoms with Gasteiger partial charge in [-0.05, 0) is 36.4 Å². The van der Waals surface area contributed by atoms with Gasteiger partial charge in [-0.15, -0.1) is 5.11 Å². The van der Waals surface area contributed by atoms with Gasteiger partial charge in [0.05, 0.1) is 18.5 Å². The molecule has 0 saturated carbocycles. The molecule has 0 aliphatic carbocycles. The summed E-state index contributed by atoms with van der Waals surface area (Å²) in [5, 5.41) is 4.02. The van der Waals surface area contributed by atoms with Crippen molar-refractivity contribution < 1.29 is 4.74 Å². The summed E-state index contributed by atoms with van der Waals surface area (Å²) in [7, 11) is 1.53. The summed E-state index contributed by atoms with van der Waals surface area (Å²) in [5.74, 6) is 6.42. The minimum atomic E-state index is -0.436. The number of benzene rings is 2. The molecule has 4 N–H and O–H groups in total. The van der Waals surface area contributed by atoms with E-state index >= 15 is 0 Å². The zero-order valence-corrected chi connectivity index (χ0v) is 14.0. The van der Waals surface area contributed by atoms with Crippen molar-refractivity contribution in [3.8, 4) is 17.1 Å². The fraction of sp³-hybridized carbons (Fsp3) is 0.0625. The molecule has 9 heteroatoms. The maximum atomic E-state index is 13.0. The summed E-state index contributed by atoms with van der Waals surface area (Å²) in [6, 6.07) is 13.5. The van der Waals surface area contributed by atoms with E-state index in [9.17, 15) is 4.79 Å². The highest BCUT2D eigenvalue weighted by Gasteiger charge is 2.22. The van der Waals surface area contributed by atoms with Crippen LogP contribution in [0.3, 0.4) is 0 Å². The highest BCUT2D eigenvalue weighted by Crippen LogP contribution is 2.30. The Balaban J connectivity index is 2.31. The van der Waals surface area contributed by atoms with Crippen LogP contribution in [-0.4, -0.2) is 16.2 Å². The highest BCUT2D eigenvalue weighted by molar-refractivity contribution is 6.30. The van der Waals surface area contributed by atoms with Crippen LogP contribution < -0.4 is 21.7 Å². The van der Waals surface area contributed by atoms with Crippen LogP contribution in [0.25, 0.3) is 11.4 Å². The molecule has 0 atom stereocenters. The number of methoxy groups -OCH3 is 1. The molecule has 2 aromatic carbocycles. The van der Waals surface area contributed by atoms with E-state index in [0.717, 1.165) is 0 Å². The van der Waals surface area contributed by atoms with E-state index in [2.05, 4.69) is 10.5 Å². The van der Waals surface area contributed by atoms with E-state index in [1.165, 1.54) is 16.2 Å². The van der Waals surface area contributed by atoms with Gasteiger partial charge in [-0.2, -0.15) is 0 Å². The third-order valence-electron chi connectivity index (χ3n) is 3.67. The molecular formula is C16H15ClN6O2. The second-order valence-corrected chi connectivity index (χ2v) is 5.50. The molecule has 1 aromatic heterocycles. The molecule has 1 heterocycles. The number of imidazole rings is 1. The number of anilines is 1. The first-order chi connectivity index (χ1) is 12.1. The van der Waals surface area contributed by atoms with E-state index in [1.54, 1.807) is 48.5 Å². The standard InChI is InChI=1S/C16H15ClN6O2/c1-25-13-4-2-3-12(9-13)23-15(21-19)14(20-18)22(16(23)24)11-7-5-10(17)6-8-11/h2-9,19-20H,18H2,1H3. The van der Waals surface area contributed by atoms with Gasteiger partial charge in [0.2, 0.25) is 5.82 Å². The van der Waals surface area contributed by atoms with Crippen LogP contribution in [0.2, 0.25) is 5.02 Å². The number of halogens is 1. The number of ether oxygens (including phenoxy) is 1. The lowest BCUT2D eigenvalue weighted by Gasteiger charge is -2.06. The number of rotatable bonds is 5. The van der Waals surface area contributed by atoms with Crippen molar-refractivity contribution in [1.82, 2.24) is 9.13 Å². The van der Waals surface area contributed by atoms with Crippen LogP contribution >= 0.6 is 11.6 Å². The summed E-state index contributed by atoms with van der Waals surface area (Å²) >= 11 is 5.91. The number of nitrogens with zero attached hydrogens (tertiary/aromatic N) is 3. The number of hydrazine groups is 1. The van der Waals surface area contributed by atoms with Crippen molar-refractivity contribution in [2.75, 3.05) is 12.5 Å². The van der Waals surface area contributed by atoms with Gasteiger partial charge < -0.3 is 10.2 Å². The smallest absolute Gasteiger partial charge is 0.340 e. The topological polar surface area (TPSA) is 110 Å². The van der Waals surface area contributed by atoms with Crippen molar-refractivity contribution in [2.24, 2.45) is 11.0 Å². The summed E-state index contributed by atoms with van der Waals surface area (Å²) in [6.45, 7) is 0. The molecule has 0 radical (unpaired) electrons. The summed E-state index contributed by atoms with van der Waals surface area (Å²) < 4.78 is 7.80. The van der Waals surface area contributed by atoms with Crippen LogP contribution in [0, 0.1) is 5.53 Å². The molecular weight excluding hydrogens is 344 g/mol. The van der Waals surface area contributed by atoms with Crippen molar-refractivity contribution in [3.63, 3.8) is 0 Å². The Kier molecular flexibility index (Phi) is 4.55. The lowest BCUT2D eigenvalue weighted by atomic mass is 10.3. The third-order valence-corrected chi connectivity index (χ3v) is 3.92. The predicted octanol–water partition coefficient (Wildman–Crippen LogP) is 3.24. The molecule has 0 fully saturated rings. The Hall–Kier alpha value is -3.10. The van der Waals surface area contributed by atoms with Crippen LogP contribution in [-0.2, 0) is 0 Å². The first kappa shape index (κ1) is 16.7. The van der Waals surface area contributed by atoms with Gasteiger partial charge in [-0.25, -0.2) is 25.3 Å². The normalized spacial score (nSPS) is 10.5. The number of nitrogens with two attached hydrogens (primary N) is 1. The molecule has 3 aromatic rings. The fourth-order valence-electron chi connectivity index (χ4n) is 2.54. The first-order valence-corrected chi connectivity index (χ1v) is 7.60. The second kappa shape index (κ2) is 6.80. The fourth-order valence-corrected chi connectivity index (χ4v) is 2.66. The van der Waals surface area contributed by atoms with E-state index < -0.39 is 5.69 Å². The molecule has 25 heavy (non-hydrogen) atoms. The minimum Gasteiger partial charge on any atom is -0.497 e. The van der Waals surface area contributed by atoms with E-state index in [0.29, 0.717) is 22.1 Å². The first-order valence-electron chi connectivity index (χ1n) is 7.23. The van der Waals surface area contributed by atoms with Crippen LogP contribution in [0.1, 0.15) is 0 Å². The number of hydrogen-bond donors (Lipinski definition) is 3. The van der Waals surface area contributed by atoms with Crippen LogP contribution in [0.4, 0.5) is 11.6 Å². The zero-order valence-electron chi connectivity index (χ0n) is 13.2. The number of nitrogen functional groups attached to an aromatic ring is 1. The molecule has 0 bridgehead atoms. The summed E-state index contributed by atoms with van der Waals surface area (Å²) in [4.78, 5) is 13.0. The average molecular weight is 359 g/mol. The van der Waals surface area contributed by atoms with Gasteiger partial charge in [0.1, 0.15) is 5.75 Å². The number of aromatic nitrogens is 2. The Bertz CT molecular complexity index is 977. The maximum Gasteiger partial charge on any atom is 0.340 e. The van der Waals surface area contributed by atoms with Crippen molar-refractivity contribution in [2.45, 2.75) is 0 Å². The average Bonchev–Trinajstić information content (AvgIpc) is 2.94. The quantitative estimate of drug-likeness (QED) is 0.369. The zero-order chi connectivity index (χ0) is 18.0. The molecule has 0 amide bonds. The van der Waals surface area contributed by atoms with Crippen LogP contribution in [0.5, 0.6) is 5.75 Å². The third kappa shape index (κ3) is 2.88. The van der Waals surface area contributed by atoms with E-state index in [4.69, 9.17) is 27.7 Å². The predicted molar refractivity (Wildman–Crippen MR) is 95.5 cm³/mol. The second-order valence-electron chi connectivity index (χ2n) is 5.06. The molecule has 8 nitrogen and oxygen atoms in total. The largest absolute Gasteiger partial charge is 0.497 e. The Labute approximate surface area is 147 Å². The molecule has 128 valence electrons. The highest BCUT2D eigenvalue weighted by atomic mass is 35.5. The molecule has 0 saturated heterocycles. The lowest BCUT2D eigenvalue weighted by molar-refractivity contribution is 0.414. The Morgan fingerprint density at radius 2 is 1.88 bits per heavy atom.